The smallest absolute Gasteiger partial charge is 0.113 e. The van der Waals surface area contributed by atoms with E-state index < -0.39 is 0 Å². The van der Waals surface area contributed by atoms with Gasteiger partial charge in [-0.05, 0) is 11.8 Å². The van der Waals surface area contributed by atoms with Crippen LogP contribution in [0.5, 0.6) is 0 Å². The van der Waals surface area contributed by atoms with E-state index in [-0.39, 0.29) is 0 Å². The first-order chi connectivity index (χ1) is 5.61. The highest BCUT2D eigenvalue weighted by Crippen LogP contribution is 2.18. The monoisotopic (exact) mass is 171 g/mol. The van der Waals surface area contributed by atoms with Crippen molar-refractivity contribution < 1.29 is 4.74 Å². The zero-order valence-corrected chi connectivity index (χ0v) is 8.71. The van der Waals surface area contributed by atoms with Crippen LogP contribution in [-0.2, 0) is 4.74 Å². The fraction of sp³-hybridized carbons (Fsp3) is 1.00. The number of ether oxygens (including phenoxy) is 1. The van der Waals surface area contributed by atoms with Crippen molar-refractivity contribution in [3.05, 3.63) is 0 Å². The third-order valence-corrected chi connectivity index (χ3v) is 2.20. The van der Waals surface area contributed by atoms with Crippen LogP contribution in [0.15, 0.2) is 0 Å². The van der Waals surface area contributed by atoms with E-state index in [9.17, 15) is 0 Å². The van der Waals surface area contributed by atoms with Gasteiger partial charge in [-0.2, -0.15) is 0 Å². The van der Waals surface area contributed by atoms with Crippen LogP contribution in [0.4, 0.5) is 0 Å². The maximum atomic E-state index is 5.65. The van der Waals surface area contributed by atoms with Crippen molar-refractivity contribution in [1.82, 2.24) is 4.90 Å². The van der Waals surface area contributed by atoms with E-state index in [1.165, 1.54) is 6.54 Å². The summed E-state index contributed by atoms with van der Waals surface area (Å²) in [6, 6.07) is 0. The minimum Gasteiger partial charge on any atom is -0.362 e. The normalized spacial score (nSPS) is 26.0. The van der Waals surface area contributed by atoms with Gasteiger partial charge in [-0.15, -0.1) is 0 Å². The molecule has 0 aromatic carbocycles. The fourth-order valence-electron chi connectivity index (χ4n) is 1.80. The molecule has 0 saturated carbocycles. The minimum absolute atomic E-state index is 0.368. The largest absolute Gasteiger partial charge is 0.362 e. The Morgan fingerprint density at radius 3 is 2.50 bits per heavy atom. The molecule has 0 aromatic heterocycles. The quantitative estimate of drug-likeness (QED) is 0.643. The highest BCUT2D eigenvalue weighted by molar-refractivity contribution is 4.73. The lowest BCUT2D eigenvalue weighted by molar-refractivity contribution is -0.00599. The van der Waals surface area contributed by atoms with Gasteiger partial charge in [0.2, 0.25) is 0 Å². The lowest BCUT2D eigenvalue weighted by Crippen LogP contribution is -2.36. The van der Waals surface area contributed by atoms with Crippen LogP contribution in [-0.4, -0.2) is 30.8 Å². The molecule has 0 N–H and O–H groups in total. The van der Waals surface area contributed by atoms with E-state index in [1.807, 2.05) is 0 Å². The van der Waals surface area contributed by atoms with Crippen LogP contribution in [0.2, 0.25) is 0 Å². The van der Waals surface area contributed by atoms with Gasteiger partial charge in [0.15, 0.2) is 0 Å². The van der Waals surface area contributed by atoms with Crippen LogP contribution in [0.25, 0.3) is 0 Å². The molecule has 2 heteroatoms. The summed E-state index contributed by atoms with van der Waals surface area (Å²) >= 11 is 0. The predicted octanol–water partition coefficient (Wildman–Crippen LogP) is 1.96. The van der Waals surface area contributed by atoms with Gasteiger partial charge in [0.05, 0.1) is 6.61 Å². The van der Waals surface area contributed by atoms with Gasteiger partial charge in [-0.1, -0.05) is 27.7 Å². The van der Waals surface area contributed by atoms with Crippen LogP contribution >= 0.6 is 0 Å². The molecule has 0 aromatic rings. The molecule has 0 radical (unpaired) electrons. The maximum Gasteiger partial charge on any atom is 0.113 e. The minimum atomic E-state index is 0.368. The topological polar surface area (TPSA) is 12.5 Å². The van der Waals surface area contributed by atoms with Crippen molar-refractivity contribution in [2.45, 2.75) is 33.9 Å². The third-order valence-electron chi connectivity index (χ3n) is 2.20. The Bertz CT molecular complexity index is 134. The second kappa shape index (κ2) is 4.24. The molecular weight excluding hydrogens is 150 g/mol. The van der Waals surface area contributed by atoms with Gasteiger partial charge in [-0.3, -0.25) is 4.90 Å². The summed E-state index contributed by atoms with van der Waals surface area (Å²) in [5.74, 6) is 1.36. The second-order valence-corrected chi connectivity index (χ2v) is 4.39. The number of hydrogen-bond donors (Lipinski definition) is 0. The highest BCUT2D eigenvalue weighted by atomic mass is 16.5. The third kappa shape index (κ3) is 2.46. The van der Waals surface area contributed by atoms with E-state index in [4.69, 9.17) is 4.74 Å². The SMILES string of the molecule is CC(C)CN1CCOC1C(C)C. The van der Waals surface area contributed by atoms with Crippen molar-refractivity contribution in [1.29, 1.82) is 0 Å². The van der Waals surface area contributed by atoms with Gasteiger partial charge in [-0.25, -0.2) is 0 Å². The first-order valence-electron chi connectivity index (χ1n) is 4.97. The van der Waals surface area contributed by atoms with E-state index in [0.29, 0.717) is 12.1 Å². The molecule has 0 spiro atoms. The molecule has 72 valence electrons. The molecule has 1 atom stereocenters. The molecule has 1 aliphatic rings. The Labute approximate surface area is 75.9 Å². The Morgan fingerprint density at radius 2 is 2.00 bits per heavy atom. The summed E-state index contributed by atoms with van der Waals surface area (Å²) in [7, 11) is 0. The van der Waals surface area contributed by atoms with Crippen LogP contribution in [0.3, 0.4) is 0 Å². The van der Waals surface area contributed by atoms with E-state index in [2.05, 4.69) is 32.6 Å². The Balaban J connectivity index is 2.41. The summed E-state index contributed by atoms with van der Waals surface area (Å²) in [6.07, 6.45) is 0.368. The van der Waals surface area contributed by atoms with Crippen molar-refractivity contribution in [2.75, 3.05) is 19.7 Å². The van der Waals surface area contributed by atoms with E-state index >= 15 is 0 Å². The van der Waals surface area contributed by atoms with Gasteiger partial charge in [0.25, 0.3) is 0 Å². The number of hydrogen-bond acceptors (Lipinski definition) is 2. The Hall–Kier alpha value is -0.0800. The molecule has 1 unspecified atom stereocenters. The van der Waals surface area contributed by atoms with Gasteiger partial charge in [0, 0.05) is 13.1 Å². The van der Waals surface area contributed by atoms with E-state index in [1.54, 1.807) is 0 Å². The number of nitrogens with zero attached hydrogens (tertiary/aromatic N) is 1. The molecular formula is C10H21NO. The lowest BCUT2D eigenvalue weighted by atomic mass is 10.1. The summed E-state index contributed by atoms with van der Waals surface area (Å²) in [6.45, 7) is 12.2. The molecule has 0 amide bonds. The van der Waals surface area contributed by atoms with E-state index in [0.717, 1.165) is 19.1 Å². The summed E-state index contributed by atoms with van der Waals surface area (Å²) in [4.78, 5) is 2.45. The standard InChI is InChI=1S/C10H21NO/c1-8(2)7-11-5-6-12-10(11)9(3)4/h8-10H,5-7H2,1-4H3. The highest BCUT2D eigenvalue weighted by Gasteiger charge is 2.27. The van der Waals surface area contributed by atoms with Crippen molar-refractivity contribution >= 4 is 0 Å². The van der Waals surface area contributed by atoms with Gasteiger partial charge >= 0.3 is 0 Å². The summed E-state index contributed by atoms with van der Waals surface area (Å²) < 4.78 is 5.65. The molecule has 1 heterocycles. The molecule has 0 aliphatic carbocycles. The van der Waals surface area contributed by atoms with Crippen LogP contribution in [0, 0.1) is 11.8 Å². The molecule has 0 bridgehead atoms. The Kier molecular flexibility index (Phi) is 3.53. The molecule has 1 saturated heterocycles. The molecule has 1 aliphatic heterocycles. The molecule has 1 fully saturated rings. The predicted molar refractivity (Wildman–Crippen MR) is 51.0 cm³/mol. The maximum absolute atomic E-state index is 5.65. The Morgan fingerprint density at radius 1 is 1.33 bits per heavy atom. The van der Waals surface area contributed by atoms with Crippen molar-refractivity contribution in [3.8, 4) is 0 Å². The zero-order valence-electron chi connectivity index (χ0n) is 8.71. The average Bonchev–Trinajstić information content (AvgIpc) is 2.33. The summed E-state index contributed by atoms with van der Waals surface area (Å²) in [5, 5.41) is 0. The lowest BCUT2D eigenvalue weighted by Gasteiger charge is -2.27. The molecule has 2 nitrogen and oxygen atoms in total. The average molecular weight is 171 g/mol. The van der Waals surface area contributed by atoms with Crippen LogP contribution < -0.4 is 0 Å². The molecule has 1 rings (SSSR count). The van der Waals surface area contributed by atoms with Gasteiger partial charge in [0.1, 0.15) is 6.23 Å². The van der Waals surface area contributed by atoms with Crippen molar-refractivity contribution in [2.24, 2.45) is 11.8 Å². The van der Waals surface area contributed by atoms with Crippen LogP contribution in [0.1, 0.15) is 27.7 Å². The van der Waals surface area contributed by atoms with Gasteiger partial charge < -0.3 is 4.74 Å². The molecule has 12 heavy (non-hydrogen) atoms. The number of rotatable bonds is 3. The summed E-state index contributed by atoms with van der Waals surface area (Å²) in [5.41, 5.74) is 0. The fourth-order valence-corrected chi connectivity index (χ4v) is 1.80. The van der Waals surface area contributed by atoms with Crippen molar-refractivity contribution in [3.63, 3.8) is 0 Å². The first kappa shape index (κ1) is 10.0. The first-order valence-corrected chi connectivity index (χ1v) is 4.97. The second-order valence-electron chi connectivity index (χ2n) is 4.39. The zero-order chi connectivity index (χ0) is 9.14.